The summed E-state index contributed by atoms with van der Waals surface area (Å²) in [6.45, 7) is 2.46. The first-order valence-electron chi connectivity index (χ1n) is 9.24. The average molecular weight is 414 g/mol. The lowest BCUT2D eigenvalue weighted by atomic mass is 10.1. The normalized spacial score (nSPS) is 11.2. The fourth-order valence-electron chi connectivity index (χ4n) is 2.69. The third-order valence-corrected chi connectivity index (χ3v) is 5.30. The van der Waals surface area contributed by atoms with Crippen molar-refractivity contribution >= 4 is 21.8 Å². The average Bonchev–Trinajstić information content (AvgIpc) is 3.12. The third kappa shape index (κ3) is 5.41. The Kier molecular flexibility index (Phi) is 6.61. The summed E-state index contributed by atoms with van der Waals surface area (Å²) < 4.78 is 32.8. The number of nitrogens with zero attached hydrogens (tertiary/aromatic N) is 2. The van der Waals surface area contributed by atoms with E-state index in [4.69, 9.17) is 4.52 Å². The first-order chi connectivity index (χ1) is 14.0. The van der Waals surface area contributed by atoms with E-state index in [2.05, 4.69) is 20.2 Å². The largest absolute Gasteiger partial charge is 0.352 e. The van der Waals surface area contributed by atoms with Gasteiger partial charge in [0.25, 0.3) is 11.8 Å². The predicted molar refractivity (Wildman–Crippen MR) is 110 cm³/mol. The van der Waals surface area contributed by atoms with Crippen LogP contribution in [-0.2, 0) is 15.8 Å². The molecule has 3 aromatic rings. The van der Waals surface area contributed by atoms with Crippen LogP contribution in [0.3, 0.4) is 0 Å². The molecular weight excluding hydrogens is 392 g/mol. The first kappa shape index (κ1) is 20.5. The fraction of sp³-hybridized carbons (Fsp3) is 0.250. The number of rotatable bonds is 9. The number of amides is 1. The molecule has 3 rings (SSSR count). The molecule has 0 aliphatic heterocycles. The molecular formula is C20H22N4O4S. The molecule has 2 aromatic heterocycles. The summed E-state index contributed by atoms with van der Waals surface area (Å²) in [5.74, 6) is -0.960. The second kappa shape index (κ2) is 9.33. The summed E-state index contributed by atoms with van der Waals surface area (Å²) in [7, 11) is -3.82. The molecule has 0 unspecified atom stereocenters. The van der Waals surface area contributed by atoms with Gasteiger partial charge < -0.3 is 9.84 Å². The smallest absolute Gasteiger partial charge is 0.259 e. The van der Waals surface area contributed by atoms with Gasteiger partial charge in [-0.2, -0.15) is 0 Å². The second-order valence-corrected chi connectivity index (χ2v) is 8.13. The van der Waals surface area contributed by atoms with Crippen molar-refractivity contribution in [3.05, 3.63) is 65.9 Å². The summed E-state index contributed by atoms with van der Waals surface area (Å²) in [4.78, 5) is 17.0. The van der Waals surface area contributed by atoms with Crippen LogP contribution < -0.4 is 10.0 Å². The number of nitrogens with one attached hydrogen (secondary N) is 2. The van der Waals surface area contributed by atoms with Crippen molar-refractivity contribution in [3.8, 4) is 11.4 Å². The molecule has 0 bridgehead atoms. The number of carbonyl (C=O) groups is 1. The second-order valence-electron chi connectivity index (χ2n) is 6.41. The molecule has 2 N–H and O–H groups in total. The Hall–Kier alpha value is -3.20. The summed E-state index contributed by atoms with van der Waals surface area (Å²) in [6, 6.07) is 13.9. The van der Waals surface area contributed by atoms with Crippen molar-refractivity contribution in [1.29, 1.82) is 0 Å². The highest BCUT2D eigenvalue weighted by atomic mass is 32.2. The summed E-state index contributed by atoms with van der Waals surface area (Å²) in [5, 5.41) is 6.67. The molecule has 8 nitrogen and oxygen atoms in total. The number of benzene rings is 1. The molecule has 0 saturated heterocycles. The summed E-state index contributed by atoms with van der Waals surface area (Å²) in [6.07, 6.45) is 3.26. The Balaban J connectivity index is 1.91. The summed E-state index contributed by atoms with van der Waals surface area (Å²) >= 11 is 0. The maximum Gasteiger partial charge on any atom is 0.259 e. The van der Waals surface area contributed by atoms with Crippen molar-refractivity contribution in [1.82, 2.24) is 15.5 Å². The van der Waals surface area contributed by atoms with E-state index in [0.717, 1.165) is 12.8 Å². The van der Waals surface area contributed by atoms with Gasteiger partial charge in [0.15, 0.2) is 0 Å². The van der Waals surface area contributed by atoms with Gasteiger partial charge in [0, 0.05) is 12.7 Å². The van der Waals surface area contributed by atoms with Gasteiger partial charge in [0.05, 0.1) is 11.4 Å². The van der Waals surface area contributed by atoms with Gasteiger partial charge in [-0.15, -0.1) is 0 Å². The molecule has 152 valence electrons. The Morgan fingerprint density at radius 3 is 2.55 bits per heavy atom. The predicted octanol–water partition coefficient (Wildman–Crippen LogP) is 3.21. The van der Waals surface area contributed by atoms with Crippen LogP contribution in [0.15, 0.2) is 59.3 Å². The number of pyridine rings is 1. The highest BCUT2D eigenvalue weighted by Crippen LogP contribution is 2.28. The van der Waals surface area contributed by atoms with E-state index in [9.17, 15) is 13.2 Å². The lowest BCUT2D eigenvalue weighted by Gasteiger charge is -2.08. The van der Waals surface area contributed by atoms with Gasteiger partial charge in [0.1, 0.15) is 11.3 Å². The zero-order chi connectivity index (χ0) is 20.7. The van der Waals surface area contributed by atoms with Gasteiger partial charge in [-0.05, 0) is 24.1 Å². The van der Waals surface area contributed by atoms with E-state index in [-0.39, 0.29) is 22.9 Å². The minimum Gasteiger partial charge on any atom is -0.352 e. The van der Waals surface area contributed by atoms with E-state index in [1.54, 1.807) is 54.7 Å². The van der Waals surface area contributed by atoms with Crippen LogP contribution in [0.2, 0.25) is 0 Å². The Morgan fingerprint density at radius 2 is 1.86 bits per heavy atom. The van der Waals surface area contributed by atoms with Crippen molar-refractivity contribution in [2.24, 2.45) is 0 Å². The zero-order valence-electron chi connectivity index (χ0n) is 16.0. The van der Waals surface area contributed by atoms with E-state index in [1.165, 1.54) is 0 Å². The van der Waals surface area contributed by atoms with Crippen LogP contribution >= 0.6 is 0 Å². The lowest BCUT2D eigenvalue weighted by molar-refractivity contribution is 0.0954. The minimum absolute atomic E-state index is 0.0106. The van der Waals surface area contributed by atoms with E-state index in [0.29, 0.717) is 17.8 Å². The Morgan fingerprint density at radius 1 is 1.10 bits per heavy atom. The van der Waals surface area contributed by atoms with Crippen LogP contribution in [0.1, 0.15) is 35.7 Å². The maximum atomic E-state index is 12.8. The maximum absolute atomic E-state index is 12.8. The van der Waals surface area contributed by atoms with Gasteiger partial charge in [-0.1, -0.05) is 54.9 Å². The van der Waals surface area contributed by atoms with Crippen LogP contribution in [0.4, 0.5) is 5.88 Å². The number of hydrogen-bond acceptors (Lipinski definition) is 6. The van der Waals surface area contributed by atoms with Crippen LogP contribution in [0.25, 0.3) is 11.4 Å². The van der Waals surface area contributed by atoms with E-state index in [1.807, 2.05) is 6.92 Å². The van der Waals surface area contributed by atoms with Crippen molar-refractivity contribution < 1.29 is 17.7 Å². The minimum atomic E-state index is -3.82. The summed E-state index contributed by atoms with van der Waals surface area (Å²) in [5.41, 5.74) is 1.21. The van der Waals surface area contributed by atoms with Gasteiger partial charge >= 0.3 is 0 Å². The topological polar surface area (TPSA) is 114 Å². The number of hydrogen-bond donors (Lipinski definition) is 2. The van der Waals surface area contributed by atoms with Crippen LogP contribution in [-0.4, -0.2) is 31.0 Å². The molecule has 0 saturated carbocycles. The first-order valence-corrected chi connectivity index (χ1v) is 10.9. The molecule has 0 spiro atoms. The van der Waals surface area contributed by atoms with Crippen molar-refractivity contribution in [3.63, 3.8) is 0 Å². The molecule has 29 heavy (non-hydrogen) atoms. The standard InChI is InChI=1S/C20H22N4O4S/c1-2-3-12-22-19(25)17-18(16-11-7-8-13-21-16)23-28-20(17)24-29(26,27)14-15-9-5-4-6-10-15/h4-11,13,24H,2-3,12,14H2,1H3,(H,22,25). The van der Waals surface area contributed by atoms with Gasteiger partial charge in [0.2, 0.25) is 10.0 Å². The fourth-order valence-corrected chi connectivity index (χ4v) is 3.81. The quantitative estimate of drug-likeness (QED) is 0.520. The molecule has 1 amide bonds. The molecule has 0 aliphatic rings. The molecule has 0 aliphatic carbocycles. The Bertz CT molecular complexity index is 1050. The van der Waals surface area contributed by atoms with E-state index >= 15 is 0 Å². The molecule has 1 aromatic carbocycles. The van der Waals surface area contributed by atoms with E-state index < -0.39 is 15.9 Å². The monoisotopic (exact) mass is 414 g/mol. The SMILES string of the molecule is CCCCNC(=O)c1c(-c2ccccn2)noc1NS(=O)(=O)Cc1ccccc1. The zero-order valence-corrected chi connectivity index (χ0v) is 16.8. The van der Waals surface area contributed by atoms with Crippen LogP contribution in [0.5, 0.6) is 0 Å². The third-order valence-electron chi connectivity index (χ3n) is 4.09. The Labute approximate surface area is 169 Å². The number of anilines is 1. The highest BCUT2D eigenvalue weighted by Gasteiger charge is 2.27. The number of carbonyl (C=O) groups excluding carboxylic acids is 1. The lowest BCUT2D eigenvalue weighted by Crippen LogP contribution is -2.26. The number of sulfonamides is 1. The van der Waals surface area contributed by atoms with Crippen molar-refractivity contribution in [2.75, 3.05) is 11.3 Å². The van der Waals surface area contributed by atoms with Gasteiger partial charge in [-0.25, -0.2) is 13.1 Å². The molecule has 0 fully saturated rings. The number of aromatic nitrogens is 2. The van der Waals surface area contributed by atoms with Crippen molar-refractivity contribution in [2.45, 2.75) is 25.5 Å². The highest BCUT2D eigenvalue weighted by molar-refractivity contribution is 7.91. The molecule has 9 heteroatoms. The molecule has 0 radical (unpaired) electrons. The van der Waals surface area contributed by atoms with Crippen LogP contribution in [0, 0.1) is 0 Å². The molecule has 2 heterocycles. The number of unbranched alkanes of at least 4 members (excludes halogenated alkanes) is 1. The van der Waals surface area contributed by atoms with Gasteiger partial charge in [-0.3, -0.25) is 9.78 Å². The molecule has 0 atom stereocenters.